The van der Waals surface area contributed by atoms with E-state index in [1.54, 1.807) is 72.8 Å². The highest BCUT2D eigenvalue weighted by atomic mass is 31.2. The van der Waals surface area contributed by atoms with Crippen molar-refractivity contribution in [3.63, 3.8) is 0 Å². The molecular weight excluding hydrogens is 469 g/mol. The number of rotatable bonds is 7. The normalized spacial score (nSPS) is 24.6. The molecule has 0 aliphatic carbocycles. The van der Waals surface area contributed by atoms with Crippen LogP contribution in [0.25, 0.3) is 0 Å². The predicted octanol–water partition coefficient (Wildman–Crippen LogP) is 0.510. The lowest BCUT2D eigenvalue weighted by molar-refractivity contribution is -0.261. The zero-order chi connectivity index (χ0) is 25.0. The zero-order valence-electron chi connectivity index (χ0n) is 19.1. The van der Waals surface area contributed by atoms with E-state index < -0.39 is 50.3 Å². The summed E-state index contributed by atoms with van der Waals surface area (Å²) in [6.45, 7) is -0.529. The summed E-state index contributed by atoms with van der Waals surface area (Å²) in [7, 11) is -2.12. The van der Waals surface area contributed by atoms with Crippen molar-refractivity contribution < 1.29 is 34.2 Å². The van der Waals surface area contributed by atoms with E-state index >= 15 is 0 Å². The van der Waals surface area contributed by atoms with E-state index in [0.29, 0.717) is 15.9 Å². The molecule has 1 fully saturated rings. The number of hydrogen-bond donors (Lipinski definition) is 4. The highest BCUT2D eigenvalue weighted by Gasteiger charge is 2.45. The Balaban J connectivity index is 1.76. The summed E-state index contributed by atoms with van der Waals surface area (Å²) in [4.78, 5) is 13.5. The van der Waals surface area contributed by atoms with Gasteiger partial charge < -0.3 is 34.7 Å². The lowest BCUT2D eigenvalue weighted by Crippen LogP contribution is -2.64. The molecule has 1 saturated heterocycles. The number of ether oxygens (including phenoxy) is 2. The summed E-state index contributed by atoms with van der Waals surface area (Å²) in [5.74, 6) is -0.614. The highest BCUT2D eigenvalue weighted by Crippen LogP contribution is 2.43. The summed E-state index contributed by atoms with van der Waals surface area (Å²) < 4.78 is 25.6. The molecule has 0 bridgehead atoms. The summed E-state index contributed by atoms with van der Waals surface area (Å²) in [6, 6.07) is 23.4. The maximum Gasteiger partial charge on any atom is 0.252 e. The molecule has 0 saturated carbocycles. The molecule has 35 heavy (non-hydrogen) atoms. The number of benzene rings is 3. The van der Waals surface area contributed by atoms with Crippen LogP contribution in [-0.2, 0) is 14.0 Å². The van der Waals surface area contributed by atoms with E-state index in [4.69, 9.17) is 9.47 Å². The first-order valence-electron chi connectivity index (χ1n) is 11.2. The molecular formula is C26H28NO7P. The molecule has 8 nitrogen and oxygen atoms in total. The van der Waals surface area contributed by atoms with E-state index in [0.717, 1.165) is 0 Å². The third kappa shape index (κ3) is 4.82. The van der Waals surface area contributed by atoms with Crippen LogP contribution in [0.2, 0.25) is 0 Å². The monoisotopic (exact) mass is 497 g/mol. The number of aliphatic hydroxyl groups is 3. The van der Waals surface area contributed by atoms with Crippen LogP contribution in [0.5, 0.6) is 0 Å². The quantitative estimate of drug-likeness (QED) is 0.351. The number of amides is 1. The van der Waals surface area contributed by atoms with E-state index in [2.05, 4.69) is 5.32 Å². The predicted molar refractivity (Wildman–Crippen MR) is 132 cm³/mol. The maximum absolute atomic E-state index is 14.8. The van der Waals surface area contributed by atoms with Gasteiger partial charge >= 0.3 is 0 Å². The van der Waals surface area contributed by atoms with Crippen molar-refractivity contribution >= 4 is 29.0 Å². The third-order valence-corrected chi connectivity index (χ3v) is 9.26. The Kier molecular flexibility index (Phi) is 7.82. The van der Waals surface area contributed by atoms with Crippen LogP contribution in [-0.4, -0.2) is 65.6 Å². The molecule has 3 aromatic rings. The van der Waals surface area contributed by atoms with Crippen molar-refractivity contribution in [2.45, 2.75) is 30.6 Å². The van der Waals surface area contributed by atoms with Gasteiger partial charge in [-0.2, -0.15) is 0 Å². The Hall–Kier alpha value is -2.84. The second-order valence-corrected chi connectivity index (χ2v) is 11.0. The van der Waals surface area contributed by atoms with Crippen molar-refractivity contribution in [2.75, 3.05) is 13.7 Å². The fourth-order valence-electron chi connectivity index (χ4n) is 4.31. The SMILES string of the molecule is CO[C@@H]1OC(CO)[C@H](O)C(O)C1NC(=O)c1ccccc1P(=O)(c1ccccc1)c1ccccc1. The standard InChI is InChI=1S/C26H28NO7P/c1-33-26-22(24(30)23(29)20(16-28)34-26)27-25(31)19-14-8-9-15-21(19)35(32,17-10-4-2-5-11-17)18-12-6-3-7-13-18/h2-15,20,22-24,26,28-30H,16H2,1H3,(H,27,31)/t20?,22?,23-,24?,26+/m0/s1. The molecule has 1 amide bonds. The molecule has 0 radical (unpaired) electrons. The summed E-state index contributed by atoms with van der Waals surface area (Å²) in [5.41, 5.74) is 0.157. The third-order valence-electron chi connectivity index (χ3n) is 6.14. The first-order valence-corrected chi connectivity index (χ1v) is 12.9. The Labute approximate surface area is 203 Å². The molecule has 1 heterocycles. The fraction of sp³-hybridized carbons (Fsp3) is 0.269. The Bertz CT molecular complexity index is 1150. The van der Waals surface area contributed by atoms with E-state index in [1.165, 1.54) is 7.11 Å². The Morgan fingerprint density at radius 1 is 0.914 bits per heavy atom. The molecule has 3 unspecified atom stereocenters. The van der Waals surface area contributed by atoms with Crippen molar-refractivity contribution in [1.29, 1.82) is 0 Å². The van der Waals surface area contributed by atoms with Crippen LogP contribution in [0, 0.1) is 0 Å². The van der Waals surface area contributed by atoms with Gasteiger partial charge in [0.25, 0.3) is 5.91 Å². The van der Waals surface area contributed by atoms with Crippen LogP contribution in [0.15, 0.2) is 84.9 Å². The van der Waals surface area contributed by atoms with Gasteiger partial charge in [0.1, 0.15) is 24.4 Å². The summed E-state index contributed by atoms with van der Waals surface area (Å²) in [5, 5.41) is 34.5. The number of carbonyl (C=O) groups excluding carboxylic acids is 1. The number of carbonyl (C=O) groups is 1. The number of methoxy groups -OCH3 is 1. The fourth-order valence-corrected chi connectivity index (χ4v) is 7.16. The van der Waals surface area contributed by atoms with Crippen molar-refractivity contribution in [1.82, 2.24) is 5.32 Å². The van der Waals surface area contributed by atoms with Gasteiger partial charge in [-0.15, -0.1) is 0 Å². The second kappa shape index (κ2) is 10.8. The Morgan fingerprint density at radius 3 is 2.00 bits per heavy atom. The molecule has 0 spiro atoms. The van der Waals surface area contributed by atoms with Crippen molar-refractivity contribution in [3.8, 4) is 0 Å². The average molecular weight is 497 g/mol. The van der Waals surface area contributed by atoms with Gasteiger partial charge in [-0.3, -0.25) is 4.79 Å². The Morgan fingerprint density at radius 2 is 1.46 bits per heavy atom. The number of hydrogen-bond acceptors (Lipinski definition) is 7. The lowest BCUT2D eigenvalue weighted by atomic mass is 9.96. The van der Waals surface area contributed by atoms with Gasteiger partial charge in [0.15, 0.2) is 13.4 Å². The minimum absolute atomic E-state index is 0.157. The molecule has 4 rings (SSSR count). The molecule has 9 heteroatoms. The molecule has 1 aliphatic heterocycles. The van der Waals surface area contributed by atoms with Gasteiger partial charge in [0.2, 0.25) is 0 Å². The molecule has 1 aliphatic rings. The van der Waals surface area contributed by atoms with Crippen molar-refractivity contribution in [2.24, 2.45) is 0 Å². The smallest absolute Gasteiger partial charge is 0.252 e. The minimum atomic E-state index is -3.45. The first-order chi connectivity index (χ1) is 16.9. The zero-order valence-corrected chi connectivity index (χ0v) is 20.0. The summed E-state index contributed by atoms with van der Waals surface area (Å²) >= 11 is 0. The largest absolute Gasteiger partial charge is 0.394 e. The van der Waals surface area contributed by atoms with E-state index in [1.807, 2.05) is 12.1 Å². The van der Waals surface area contributed by atoms with E-state index in [-0.39, 0.29) is 5.56 Å². The van der Waals surface area contributed by atoms with Gasteiger partial charge in [-0.25, -0.2) is 0 Å². The second-order valence-electron chi connectivity index (χ2n) is 8.24. The van der Waals surface area contributed by atoms with Gasteiger partial charge in [0.05, 0.1) is 12.2 Å². The van der Waals surface area contributed by atoms with E-state index in [9.17, 15) is 24.7 Å². The molecule has 3 aromatic carbocycles. The van der Waals surface area contributed by atoms with Crippen LogP contribution in [0.4, 0.5) is 0 Å². The highest BCUT2D eigenvalue weighted by molar-refractivity contribution is 7.85. The molecule has 184 valence electrons. The first kappa shape index (κ1) is 25.3. The molecule has 5 atom stereocenters. The minimum Gasteiger partial charge on any atom is -0.394 e. The molecule has 4 N–H and O–H groups in total. The van der Waals surface area contributed by atoms with Gasteiger partial charge in [-0.1, -0.05) is 78.9 Å². The van der Waals surface area contributed by atoms with Crippen LogP contribution in [0.3, 0.4) is 0 Å². The van der Waals surface area contributed by atoms with Gasteiger partial charge in [0, 0.05) is 23.0 Å². The lowest BCUT2D eigenvalue weighted by Gasteiger charge is -2.41. The number of aliphatic hydroxyl groups excluding tert-OH is 3. The van der Waals surface area contributed by atoms with Gasteiger partial charge in [-0.05, 0) is 6.07 Å². The summed E-state index contributed by atoms with van der Waals surface area (Å²) in [6.07, 6.45) is -5.08. The van der Waals surface area contributed by atoms with Crippen LogP contribution >= 0.6 is 7.14 Å². The maximum atomic E-state index is 14.8. The van der Waals surface area contributed by atoms with Crippen LogP contribution < -0.4 is 21.2 Å². The topological polar surface area (TPSA) is 125 Å². The molecule has 0 aromatic heterocycles. The van der Waals surface area contributed by atoms with Crippen molar-refractivity contribution in [3.05, 3.63) is 90.5 Å². The number of nitrogens with one attached hydrogen (secondary N) is 1. The average Bonchev–Trinajstić information content (AvgIpc) is 2.92. The van der Waals surface area contributed by atoms with Crippen LogP contribution in [0.1, 0.15) is 10.4 Å².